The number of pyridine rings is 1. The van der Waals surface area contributed by atoms with E-state index in [1.165, 1.54) is 18.4 Å². The molecule has 4 nitrogen and oxygen atoms in total. The number of aromatic nitrogens is 1. The molecule has 1 saturated heterocycles. The van der Waals surface area contributed by atoms with Crippen molar-refractivity contribution in [2.24, 2.45) is 5.92 Å². The lowest BCUT2D eigenvalue weighted by atomic mass is 9.90. The van der Waals surface area contributed by atoms with Crippen LogP contribution in [0.2, 0.25) is 0 Å². The van der Waals surface area contributed by atoms with E-state index < -0.39 is 0 Å². The van der Waals surface area contributed by atoms with Gasteiger partial charge in [-0.1, -0.05) is 36.4 Å². The SMILES string of the molecule is O=C(c1cccc(NC2CC2)n1)N1CCC(Cc2ccccc2)CC1. The van der Waals surface area contributed by atoms with Crippen LogP contribution < -0.4 is 5.32 Å². The Bertz CT molecular complexity index is 719. The number of nitrogens with zero attached hydrogens (tertiary/aromatic N) is 2. The summed E-state index contributed by atoms with van der Waals surface area (Å²) in [5, 5.41) is 3.37. The van der Waals surface area contributed by atoms with Gasteiger partial charge >= 0.3 is 0 Å². The third-order valence-corrected chi connectivity index (χ3v) is 5.17. The molecule has 2 heterocycles. The van der Waals surface area contributed by atoms with E-state index in [2.05, 4.69) is 40.6 Å². The minimum atomic E-state index is 0.0672. The Morgan fingerprint density at radius 2 is 1.76 bits per heavy atom. The van der Waals surface area contributed by atoms with Gasteiger partial charge in [-0.25, -0.2) is 4.98 Å². The predicted octanol–water partition coefficient (Wildman–Crippen LogP) is 3.75. The van der Waals surface area contributed by atoms with Crippen LogP contribution in [-0.4, -0.2) is 34.9 Å². The van der Waals surface area contributed by atoms with E-state index in [4.69, 9.17) is 0 Å². The van der Waals surface area contributed by atoms with Crippen molar-refractivity contribution in [3.8, 4) is 0 Å². The second kappa shape index (κ2) is 7.26. The van der Waals surface area contributed by atoms with Crippen LogP contribution in [-0.2, 0) is 6.42 Å². The van der Waals surface area contributed by atoms with E-state index in [9.17, 15) is 4.79 Å². The van der Waals surface area contributed by atoms with Crippen LogP contribution in [0.5, 0.6) is 0 Å². The first kappa shape index (κ1) is 16.1. The molecule has 0 spiro atoms. The summed E-state index contributed by atoms with van der Waals surface area (Å²) in [4.78, 5) is 19.2. The van der Waals surface area contributed by atoms with E-state index >= 15 is 0 Å². The number of anilines is 1. The zero-order valence-electron chi connectivity index (χ0n) is 14.5. The molecule has 1 aliphatic heterocycles. The number of carbonyl (C=O) groups is 1. The zero-order chi connectivity index (χ0) is 17.1. The molecule has 130 valence electrons. The molecule has 1 aromatic carbocycles. The van der Waals surface area contributed by atoms with Gasteiger partial charge in [-0.3, -0.25) is 4.79 Å². The number of rotatable bonds is 5. The number of amides is 1. The van der Waals surface area contributed by atoms with Crippen LogP contribution >= 0.6 is 0 Å². The summed E-state index contributed by atoms with van der Waals surface area (Å²) in [7, 11) is 0. The molecule has 0 unspecified atom stereocenters. The molecule has 0 atom stereocenters. The van der Waals surface area contributed by atoms with Gasteiger partial charge in [-0.05, 0) is 55.7 Å². The minimum absolute atomic E-state index is 0.0672. The molecule has 4 rings (SSSR count). The van der Waals surface area contributed by atoms with Gasteiger partial charge in [-0.15, -0.1) is 0 Å². The van der Waals surface area contributed by atoms with Gasteiger partial charge in [-0.2, -0.15) is 0 Å². The summed E-state index contributed by atoms with van der Waals surface area (Å²) in [5.41, 5.74) is 1.96. The number of likely N-dealkylation sites (tertiary alicyclic amines) is 1. The Hall–Kier alpha value is -2.36. The van der Waals surface area contributed by atoms with E-state index in [1.54, 1.807) is 0 Å². The Kier molecular flexibility index (Phi) is 4.68. The van der Waals surface area contributed by atoms with E-state index in [0.29, 0.717) is 17.7 Å². The summed E-state index contributed by atoms with van der Waals surface area (Å²) in [6.45, 7) is 1.66. The van der Waals surface area contributed by atoms with Gasteiger partial charge in [0, 0.05) is 19.1 Å². The van der Waals surface area contributed by atoms with Gasteiger partial charge in [0.25, 0.3) is 5.91 Å². The first-order valence-corrected chi connectivity index (χ1v) is 9.35. The van der Waals surface area contributed by atoms with Gasteiger partial charge < -0.3 is 10.2 Å². The molecule has 0 radical (unpaired) electrons. The summed E-state index contributed by atoms with van der Waals surface area (Å²) in [6, 6.07) is 16.9. The van der Waals surface area contributed by atoms with Crippen molar-refractivity contribution in [2.45, 2.75) is 38.1 Å². The molecule has 2 aromatic rings. The summed E-state index contributed by atoms with van der Waals surface area (Å²) in [6.07, 6.45) is 5.66. The van der Waals surface area contributed by atoms with Crippen molar-refractivity contribution in [3.05, 3.63) is 59.8 Å². The molecule has 4 heteroatoms. The molecule has 25 heavy (non-hydrogen) atoms. The van der Waals surface area contributed by atoms with Crippen molar-refractivity contribution in [1.29, 1.82) is 0 Å². The highest BCUT2D eigenvalue weighted by Crippen LogP contribution is 2.25. The van der Waals surface area contributed by atoms with Crippen molar-refractivity contribution >= 4 is 11.7 Å². The van der Waals surface area contributed by atoms with Crippen LogP contribution in [0.4, 0.5) is 5.82 Å². The number of benzene rings is 1. The van der Waals surface area contributed by atoms with Gasteiger partial charge in [0.15, 0.2) is 0 Å². The highest BCUT2D eigenvalue weighted by Gasteiger charge is 2.25. The van der Waals surface area contributed by atoms with Gasteiger partial charge in [0.1, 0.15) is 11.5 Å². The molecular formula is C21H25N3O. The lowest BCUT2D eigenvalue weighted by Crippen LogP contribution is -2.39. The summed E-state index contributed by atoms with van der Waals surface area (Å²) in [5.74, 6) is 1.56. The monoisotopic (exact) mass is 335 g/mol. The highest BCUT2D eigenvalue weighted by atomic mass is 16.2. The first-order chi connectivity index (χ1) is 12.3. The average Bonchev–Trinajstić information content (AvgIpc) is 3.47. The zero-order valence-corrected chi connectivity index (χ0v) is 14.5. The number of hydrogen-bond donors (Lipinski definition) is 1. The second-order valence-corrected chi connectivity index (χ2v) is 7.25. The Balaban J connectivity index is 1.33. The molecule has 1 aliphatic carbocycles. The third-order valence-electron chi connectivity index (χ3n) is 5.17. The van der Waals surface area contributed by atoms with Crippen molar-refractivity contribution in [2.75, 3.05) is 18.4 Å². The van der Waals surface area contributed by atoms with Crippen LogP contribution in [0.3, 0.4) is 0 Å². The standard InChI is InChI=1S/C21H25N3O/c25-21(19-7-4-8-20(23-19)22-18-9-10-18)24-13-11-17(12-14-24)15-16-5-2-1-3-6-16/h1-8,17-18H,9-15H2,(H,22,23). The highest BCUT2D eigenvalue weighted by molar-refractivity contribution is 5.92. The minimum Gasteiger partial charge on any atom is -0.367 e. The molecular weight excluding hydrogens is 310 g/mol. The number of hydrogen-bond acceptors (Lipinski definition) is 3. The van der Waals surface area contributed by atoms with Gasteiger partial charge in [0.05, 0.1) is 0 Å². The van der Waals surface area contributed by atoms with Crippen LogP contribution in [0, 0.1) is 5.92 Å². The normalized spacial score (nSPS) is 18.2. The van der Waals surface area contributed by atoms with Crippen LogP contribution in [0.25, 0.3) is 0 Å². The third kappa shape index (κ3) is 4.19. The molecule has 1 saturated carbocycles. The van der Waals surface area contributed by atoms with Crippen LogP contribution in [0.1, 0.15) is 41.7 Å². The molecule has 1 aromatic heterocycles. The molecule has 2 aliphatic rings. The fourth-order valence-corrected chi connectivity index (χ4v) is 3.52. The molecule has 1 N–H and O–H groups in total. The van der Waals surface area contributed by atoms with Crippen LogP contribution in [0.15, 0.2) is 48.5 Å². The smallest absolute Gasteiger partial charge is 0.272 e. The Morgan fingerprint density at radius 1 is 1.00 bits per heavy atom. The summed E-state index contributed by atoms with van der Waals surface area (Å²) >= 11 is 0. The fourth-order valence-electron chi connectivity index (χ4n) is 3.52. The van der Waals surface area contributed by atoms with Crippen molar-refractivity contribution in [3.63, 3.8) is 0 Å². The lowest BCUT2D eigenvalue weighted by Gasteiger charge is -2.32. The predicted molar refractivity (Wildman–Crippen MR) is 99.7 cm³/mol. The maximum atomic E-state index is 12.8. The number of carbonyl (C=O) groups excluding carboxylic acids is 1. The topological polar surface area (TPSA) is 45.2 Å². The average molecular weight is 335 g/mol. The van der Waals surface area contributed by atoms with E-state index in [1.807, 2.05) is 23.1 Å². The Morgan fingerprint density at radius 3 is 2.48 bits per heavy atom. The largest absolute Gasteiger partial charge is 0.367 e. The van der Waals surface area contributed by atoms with Gasteiger partial charge in [0.2, 0.25) is 0 Å². The number of piperidine rings is 1. The molecule has 0 bridgehead atoms. The fraction of sp³-hybridized carbons (Fsp3) is 0.429. The second-order valence-electron chi connectivity index (χ2n) is 7.25. The lowest BCUT2D eigenvalue weighted by molar-refractivity contribution is 0.0685. The maximum Gasteiger partial charge on any atom is 0.272 e. The van der Waals surface area contributed by atoms with E-state index in [-0.39, 0.29) is 5.91 Å². The summed E-state index contributed by atoms with van der Waals surface area (Å²) < 4.78 is 0. The quantitative estimate of drug-likeness (QED) is 0.905. The van der Waals surface area contributed by atoms with E-state index in [0.717, 1.165) is 38.2 Å². The van der Waals surface area contributed by atoms with Crippen molar-refractivity contribution < 1.29 is 4.79 Å². The molecule has 1 amide bonds. The Labute approximate surface area is 149 Å². The van der Waals surface area contributed by atoms with Crippen molar-refractivity contribution in [1.82, 2.24) is 9.88 Å². The maximum absolute atomic E-state index is 12.8. The first-order valence-electron chi connectivity index (χ1n) is 9.35. The molecule has 2 fully saturated rings. The number of nitrogens with one attached hydrogen (secondary N) is 1.